The molecule has 0 amide bonds. The highest BCUT2D eigenvalue weighted by atomic mass is 19.1. The van der Waals surface area contributed by atoms with Crippen LogP contribution in [0.4, 0.5) is 4.39 Å². The van der Waals surface area contributed by atoms with Crippen molar-refractivity contribution in [1.29, 1.82) is 0 Å². The monoisotopic (exact) mass is 459 g/mol. The van der Waals surface area contributed by atoms with Crippen LogP contribution in [0, 0.1) is 17.7 Å². The lowest BCUT2D eigenvalue weighted by Gasteiger charge is -2.38. The molecule has 0 spiro atoms. The highest BCUT2D eigenvalue weighted by Crippen LogP contribution is 2.45. The van der Waals surface area contributed by atoms with Crippen molar-refractivity contribution in [3.8, 4) is 0 Å². The summed E-state index contributed by atoms with van der Waals surface area (Å²) in [6.45, 7) is 6.37. The van der Waals surface area contributed by atoms with Gasteiger partial charge in [0.1, 0.15) is 18.3 Å². The number of carbonyl (C=O) groups excluding carboxylic acids is 3. The first-order valence-corrected chi connectivity index (χ1v) is 11.1. The molecule has 1 N–H and O–H groups in total. The van der Waals surface area contributed by atoms with Gasteiger partial charge in [0.15, 0.2) is 5.78 Å². The first-order valence-electron chi connectivity index (χ1n) is 11.1. The largest absolute Gasteiger partial charge is 0.468 e. The predicted molar refractivity (Wildman–Crippen MR) is 118 cm³/mol. The SMILES string of the molecule is CCCOCCOC(=O)C1=C(C)NC2=C(C(=O)C(C(=O)OC)C(C)C2)C1c1cccc(F)c1. The highest BCUT2D eigenvalue weighted by Gasteiger charge is 2.47. The summed E-state index contributed by atoms with van der Waals surface area (Å²) in [7, 11) is 1.24. The maximum atomic E-state index is 14.2. The number of benzene rings is 1. The van der Waals surface area contributed by atoms with Gasteiger partial charge in [-0.15, -0.1) is 0 Å². The van der Waals surface area contributed by atoms with E-state index in [2.05, 4.69) is 5.32 Å². The van der Waals surface area contributed by atoms with Crippen molar-refractivity contribution in [2.24, 2.45) is 11.8 Å². The Balaban J connectivity index is 2.02. The lowest BCUT2D eigenvalue weighted by molar-refractivity contribution is -0.151. The average Bonchev–Trinajstić information content (AvgIpc) is 2.77. The molecule has 7 nitrogen and oxygen atoms in total. The number of ketones is 1. The van der Waals surface area contributed by atoms with Crippen molar-refractivity contribution < 1.29 is 33.0 Å². The van der Waals surface area contributed by atoms with Crippen molar-refractivity contribution >= 4 is 17.7 Å². The molecule has 1 aliphatic heterocycles. The van der Waals surface area contributed by atoms with Gasteiger partial charge in [-0.05, 0) is 43.4 Å². The molecule has 0 saturated carbocycles. The molecule has 0 bridgehead atoms. The van der Waals surface area contributed by atoms with Gasteiger partial charge in [0.2, 0.25) is 0 Å². The van der Waals surface area contributed by atoms with Crippen LogP contribution in [0.25, 0.3) is 0 Å². The van der Waals surface area contributed by atoms with Crippen LogP contribution in [0.15, 0.2) is 46.8 Å². The molecule has 1 heterocycles. The molecule has 1 aliphatic carbocycles. The third-order valence-corrected chi connectivity index (χ3v) is 5.95. The third-order valence-electron chi connectivity index (χ3n) is 5.95. The molecular weight excluding hydrogens is 429 g/mol. The number of nitrogens with one attached hydrogen (secondary N) is 1. The van der Waals surface area contributed by atoms with Gasteiger partial charge < -0.3 is 19.5 Å². The number of hydrogen-bond donors (Lipinski definition) is 1. The average molecular weight is 460 g/mol. The van der Waals surface area contributed by atoms with Crippen molar-refractivity contribution in [2.75, 3.05) is 26.9 Å². The topological polar surface area (TPSA) is 90.9 Å². The number of rotatable bonds is 8. The summed E-state index contributed by atoms with van der Waals surface area (Å²) < 4.78 is 29.8. The maximum absolute atomic E-state index is 14.2. The van der Waals surface area contributed by atoms with E-state index in [1.54, 1.807) is 19.9 Å². The molecule has 2 aliphatic rings. The summed E-state index contributed by atoms with van der Waals surface area (Å²) in [5.41, 5.74) is 2.07. The van der Waals surface area contributed by atoms with E-state index in [9.17, 15) is 18.8 Å². The summed E-state index contributed by atoms with van der Waals surface area (Å²) in [6.07, 6.45) is 1.26. The zero-order chi connectivity index (χ0) is 24.1. The number of hydrogen-bond acceptors (Lipinski definition) is 7. The molecule has 1 aromatic rings. The van der Waals surface area contributed by atoms with Crippen LogP contribution in [0.5, 0.6) is 0 Å². The van der Waals surface area contributed by atoms with Gasteiger partial charge in [-0.25, -0.2) is 9.18 Å². The fourth-order valence-electron chi connectivity index (χ4n) is 4.49. The van der Waals surface area contributed by atoms with E-state index < -0.39 is 35.4 Å². The van der Waals surface area contributed by atoms with E-state index in [0.717, 1.165) is 6.42 Å². The Labute approximate surface area is 193 Å². The molecule has 3 rings (SSSR count). The van der Waals surface area contributed by atoms with E-state index in [-0.39, 0.29) is 30.3 Å². The summed E-state index contributed by atoms with van der Waals surface area (Å²) in [4.78, 5) is 39.1. The molecular formula is C25H30FNO6. The Morgan fingerprint density at radius 1 is 1.21 bits per heavy atom. The van der Waals surface area contributed by atoms with Gasteiger partial charge in [0.25, 0.3) is 0 Å². The molecule has 3 unspecified atom stereocenters. The van der Waals surface area contributed by atoms with E-state index in [1.807, 2.05) is 6.92 Å². The number of dihydropyridines is 1. The number of halogens is 1. The van der Waals surface area contributed by atoms with E-state index in [1.165, 1.54) is 25.3 Å². The van der Waals surface area contributed by atoms with Crippen LogP contribution in [-0.2, 0) is 28.6 Å². The minimum absolute atomic E-state index is 0.0488. The fourth-order valence-corrected chi connectivity index (χ4v) is 4.49. The minimum atomic E-state index is -0.996. The fraction of sp³-hybridized carbons (Fsp3) is 0.480. The molecule has 178 valence electrons. The molecule has 0 aromatic heterocycles. The quantitative estimate of drug-likeness (QED) is 0.362. The minimum Gasteiger partial charge on any atom is -0.468 e. The van der Waals surface area contributed by atoms with Crippen molar-refractivity contribution in [1.82, 2.24) is 5.32 Å². The van der Waals surface area contributed by atoms with Crippen molar-refractivity contribution in [3.05, 3.63) is 58.2 Å². The maximum Gasteiger partial charge on any atom is 0.336 e. The number of methoxy groups -OCH3 is 1. The summed E-state index contributed by atoms with van der Waals surface area (Å²) in [5, 5.41) is 3.17. The van der Waals surface area contributed by atoms with E-state index in [0.29, 0.717) is 30.0 Å². The first-order chi connectivity index (χ1) is 15.8. The number of esters is 2. The molecule has 1 aromatic carbocycles. The van der Waals surface area contributed by atoms with E-state index >= 15 is 0 Å². The van der Waals surface area contributed by atoms with Gasteiger partial charge in [0.05, 0.1) is 19.3 Å². The number of Topliss-reactive ketones (excluding diaryl/α,β-unsaturated/α-hetero) is 1. The highest BCUT2D eigenvalue weighted by molar-refractivity contribution is 6.12. The van der Waals surface area contributed by atoms with Crippen LogP contribution < -0.4 is 5.32 Å². The Kier molecular flexibility index (Phi) is 8.02. The molecule has 33 heavy (non-hydrogen) atoms. The lowest BCUT2D eigenvalue weighted by Crippen LogP contribution is -2.43. The number of carbonyl (C=O) groups is 3. The second-order valence-electron chi connectivity index (χ2n) is 8.34. The van der Waals surface area contributed by atoms with Gasteiger partial charge in [-0.2, -0.15) is 0 Å². The van der Waals surface area contributed by atoms with Crippen molar-refractivity contribution in [2.45, 2.75) is 39.5 Å². The van der Waals surface area contributed by atoms with Gasteiger partial charge in [0, 0.05) is 29.5 Å². The Morgan fingerprint density at radius 3 is 2.64 bits per heavy atom. The molecule has 0 radical (unpaired) electrons. The second kappa shape index (κ2) is 10.7. The first kappa shape index (κ1) is 24.6. The summed E-state index contributed by atoms with van der Waals surface area (Å²) in [6, 6.07) is 5.77. The predicted octanol–water partition coefficient (Wildman–Crippen LogP) is 3.41. The summed E-state index contributed by atoms with van der Waals surface area (Å²) >= 11 is 0. The van der Waals surface area contributed by atoms with Gasteiger partial charge in [-0.1, -0.05) is 26.0 Å². The van der Waals surface area contributed by atoms with E-state index in [4.69, 9.17) is 14.2 Å². The smallest absolute Gasteiger partial charge is 0.336 e. The van der Waals surface area contributed by atoms with Crippen molar-refractivity contribution in [3.63, 3.8) is 0 Å². The number of allylic oxidation sites excluding steroid dienone is 3. The Bertz CT molecular complexity index is 998. The number of ether oxygens (including phenoxy) is 3. The van der Waals surface area contributed by atoms with Crippen LogP contribution in [0.3, 0.4) is 0 Å². The Morgan fingerprint density at radius 2 is 1.97 bits per heavy atom. The lowest BCUT2D eigenvalue weighted by atomic mass is 9.69. The molecule has 8 heteroatoms. The molecule has 0 saturated heterocycles. The van der Waals surface area contributed by atoms with Crippen LogP contribution in [-0.4, -0.2) is 44.7 Å². The third kappa shape index (κ3) is 5.16. The second-order valence-corrected chi connectivity index (χ2v) is 8.34. The molecule has 0 fully saturated rings. The van der Waals surface area contributed by atoms with Gasteiger partial charge in [-0.3, -0.25) is 9.59 Å². The van der Waals surface area contributed by atoms with Crippen LogP contribution >= 0.6 is 0 Å². The van der Waals surface area contributed by atoms with Crippen LogP contribution in [0.2, 0.25) is 0 Å². The zero-order valence-corrected chi connectivity index (χ0v) is 19.4. The standard InChI is InChI=1S/C25H30FNO6/c1-5-9-32-10-11-33-25(30)20-15(3)27-18-12-14(2)19(24(29)31-4)23(28)22(18)21(20)16-7-6-8-17(26)13-16/h6-8,13-14,19,21,27H,5,9-12H2,1-4H3. The normalized spacial score (nSPS) is 22.6. The van der Waals surface area contributed by atoms with Gasteiger partial charge >= 0.3 is 11.9 Å². The Hall–Kier alpha value is -3.00. The zero-order valence-electron chi connectivity index (χ0n) is 19.4. The molecule has 3 atom stereocenters. The summed E-state index contributed by atoms with van der Waals surface area (Å²) in [5.74, 6) is -4.32. The van der Waals surface area contributed by atoms with Crippen LogP contribution in [0.1, 0.15) is 45.1 Å².